The summed E-state index contributed by atoms with van der Waals surface area (Å²) in [4.78, 5) is 20.6. The highest BCUT2D eigenvalue weighted by atomic mass is 16.3. The second-order valence-corrected chi connectivity index (χ2v) is 4.82. The predicted molar refractivity (Wildman–Crippen MR) is 77.8 cm³/mol. The zero-order valence-corrected chi connectivity index (χ0v) is 11.9. The van der Waals surface area contributed by atoms with Crippen LogP contribution in [-0.4, -0.2) is 71.7 Å². The molecule has 1 aliphatic rings. The Hall–Kier alpha value is -1.66. The van der Waals surface area contributed by atoms with Gasteiger partial charge in [-0.3, -0.25) is 9.69 Å². The Labute approximate surface area is 119 Å². The molecule has 0 bridgehead atoms. The highest BCUT2D eigenvalue weighted by molar-refractivity contribution is 5.94. The number of pyridine rings is 1. The SMILES string of the molecule is CCNc1ccc(C(=O)N2CCN(CCO)CC2)cn1. The van der Waals surface area contributed by atoms with Gasteiger partial charge in [0.25, 0.3) is 5.91 Å². The monoisotopic (exact) mass is 278 g/mol. The Morgan fingerprint density at radius 3 is 2.65 bits per heavy atom. The lowest BCUT2D eigenvalue weighted by Gasteiger charge is -2.34. The van der Waals surface area contributed by atoms with Crippen molar-refractivity contribution in [1.29, 1.82) is 0 Å². The number of nitrogens with one attached hydrogen (secondary N) is 1. The summed E-state index contributed by atoms with van der Waals surface area (Å²) >= 11 is 0. The van der Waals surface area contributed by atoms with Crippen molar-refractivity contribution in [1.82, 2.24) is 14.8 Å². The number of hydrogen-bond donors (Lipinski definition) is 2. The van der Waals surface area contributed by atoms with Crippen molar-refractivity contribution < 1.29 is 9.90 Å². The molecule has 1 aromatic heterocycles. The molecule has 6 heteroatoms. The number of aliphatic hydroxyl groups excluding tert-OH is 1. The maximum atomic E-state index is 12.3. The molecule has 6 nitrogen and oxygen atoms in total. The number of carbonyl (C=O) groups excluding carboxylic acids is 1. The molecule has 1 amide bonds. The van der Waals surface area contributed by atoms with Crippen LogP contribution in [0, 0.1) is 0 Å². The van der Waals surface area contributed by atoms with E-state index in [2.05, 4.69) is 15.2 Å². The van der Waals surface area contributed by atoms with Gasteiger partial charge in [0.2, 0.25) is 0 Å². The Morgan fingerprint density at radius 2 is 2.10 bits per heavy atom. The number of piperazine rings is 1. The standard InChI is InChI=1S/C14H22N4O2/c1-2-15-13-4-3-12(11-16-13)14(20)18-7-5-17(6-8-18)9-10-19/h3-4,11,19H,2,5-10H2,1H3,(H,15,16). The molecule has 2 N–H and O–H groups in total. The van der Waals surface area contributed by atoms with Gasteiger partial charge in [-0.2, -0.15) is 0 Å². The number of nitrogens with zero attached hydrogens (tertiary/aromatic N) is 3. The van der Waals surface area contributed by atoms with Crippen LogP contribution in [0.3, 0.4) is 0 Å². The largest absolute Gasteiger partial charge is 0.395 e. The van der Waals surface area contributed by atoms with Gasteiger partial charge in [0.15, 0.2) is 0 Å². The molecule has 0 atom stereocenters. The van der Waals surface area contributed by atoms with E-state index >= 15 is 0 Å². The molecule has 0 saturated carbocycles. The summed E-state index contributed by atoms with van der Waals surface area (Å²) in [5.41, 5.74) is 0.627. The Morgan fingerprint density at radius 1 is 1.35 bits per heavy atom. The summed E-state index contributed by atoms with van der Waals surface area (Å²) in [5, 5.41) is 12.0. The molecule has 1 aromatic rings. The summed E-state index contributed by atoms with van der Waals surface area (Å²) in [6.45, 7) is 6.70. The first-order valence-electron chi connectivity index (χ1n) is 7.07. The lowest BCUT2D eigenvalue weighted by atomic mass is 10.2. The highest BCUT2D eigenvalue weighted by Crippen LogP contribution is 2.10. The summed E-state index contributed by atoms with van der Waals surface area (Å²) < 4.78 is 0. The van der Waals surface area contributed by atoms with Crippen LogP contribution in [0.15, 0.2) is 18.3 Å². The second kappa shape index (κ2) is 7.21. The van der Waals surface area contributed by atoms with Gasteiger partial charge in [-0.1, -0.05) is 0 Å². The van der Waals surface area contributed by atoms with Gasteiger partial charge < -0.3 is 15.3 Å². The summed E-state index contributed by atoms with van der Waals surface area (Å²) in [7, 11) is 0. The number of carbonyl (C=O) groups is 1. The smallest absolute Gasteiger partial charge is 0.255 e. The van der Waals surface area contributed by atoms with Gasteiger partial charge in [-0.15, -0.1) is 0 Å². The number of aliphatic hydroxyl groups is 1. The second-order valence-electron chi connectivity index (χ2n) is 4.82. The van der Waals surface area contributed by atoms with Crippen LogP contribution < -0.4 is 5.32 Å². The lowest BCUT2D eigenvalue weighted by Crippen LogP contribution is -2.49. The summed E-state index contributed by atoms with van der Waals surface area (Å²) in [6.07, 6.45) is 1.63. The van der Waals surface area contributed by atoms with Crippen molar-refractivity contribution in [3.8, 4) is 0 Å². The van der Waals surface area contributed by atoms with Crippen LogP contribution in [-0.2, 0) is 0 Å². The number of hydrogen-bond acceptors (Lipinski definition) is 5. The van der Waals surface area contributed by atoms with E-state index in [1.807, 2.05) is 24.0 Å². The Kier molecular flexibility index (Phi) is 5.31. The van der Waals surface area contributed by atoms with E-state index in [1.165, 1.54) is 0 Å². The average molecular weight is 278 g/mol. The fourth-order valence-corrected chi connectivity index (χ4v) is 2.30. The first-order valence-corrected chi connectivity index (χ1v) is 7.07. The maximum absolute atomic E-state index is 12.3. The third-order valence-corrected chi connectivity index (χ3v) is 3.44. The molecule has 20 heavy (non-hydrogen) atoms. The van der Waals surface area contributed by atoms with Crippen molar-refractivity contribution in [2.45, 2.75) is 6.92 Å². The number of rotatable bonds is 5. The van der Waals surface area contributed by atoms with Crippen LogP contribution in [0.1, 0.15) is 17.3 Å². The quantitative estimate of drug-likeness (QED) is 0.809. The minimum absolute atomic E-state index is 0.0317. The zero-order chi connectivity index (χ0) is 14.4. The average Bonchev–Trinajstić information content (AvgIpc) is 2.49. The van der Waals surface area contributed by atoms with Crippen LogP contribution in [0.4, 0.5) is 5.82 Å². The minimum Gasteiger partial charge on any atom is -0.395 e. The van der Waals surface area contributed by atoms with E-state index in [4.69, 9.17) is 5.11 Å². The van der Waals surface area contributed by atoms with E-state index in [1.54, 1.807) is 6.20 Å². The molecule has 0 radical (unpaired) electrons. The number of β-amino-alcohol motifs (C(OH)–C–C–N with tert-alkyl or cyclic N) is 1. The van der Waals surface area contributed by atoms with Crippen molar-refractivity contribution in [2.24, 2.45) is 0 Å². The first kappa shape index (κ1) is 14.7. The number of amides is 1. The van der Waals surface area contributed by atoms with E-state index < -0.39 is 0 Å². The zero-order valence-electron chi connectivity index (χ0n) is 11.9. The fraction of sp³-hybridized carbons (Fsp3) is 0.571. The highest BCUT2D eigenvalue weighted by Gasteiger charge is 2.21. The lowest BCUT2D eigenvalue weighted by molar-refractivity contribution is 0.0614. The van der Waals surface area contributed by atoms with Crippen LogP contribution >= 0.6 is 0 Å². The van der Waals surface area contributed by atoms with E-state index in [0.29, 0.717) is 25.2 Å². The number of aromatic nitrogens is 1. The van der Waals surface area contributed by atoms with Gasteiger partial charge >= 0.3 is 0 Å². The predicted octanol–water partition coefficient (Wildman–Crippen LogP) is 0.264. The number of anilines is 1. The molecule has 0 aromatic carbocycles. The third kappa shape index (κ3) is 3.68. The van der Waals surface area contributed by atoms with Gasteiger partial charge in [0.05, 0.1) is 12.2 Å². The van der Waals surface area contributed by atoms with Gasteiger partial charge in [0, 0.05) is 45.5 Å². The summed E-state index contributed by atoms with van der Waals surface area (Å²) in [5.74, 6) is 0.820. The summed E-state index contributed by atoms with van der Waals surface area (Å²) in [6, 6.07) is 3.65. The first-order chi connectivity index (χ1) is 9.74. The Balaban J connectivity index is 1.91. The van der Waals surface area contributed by atoms with E-state index in [-0.39, 0.29) is 12.5 Å². The van der Waals surface area contributed by atoms with Crippen LogP contribution in [0.25, 0.3) is 0 Å². The van der Waals surface area contributed by atoms with E-state index in [9.17, 15) is 4.79 Å². The molecule has 1 aliphatic heterocycles. The topological polar surface area (TPSA) is 68.7 Å². The maximum Gasteiger partial charge on any atom is 0.255 e. The molecular weight excluding hydrogens is 256 g/mol. The van der Waals surface area contributed by atoms with Gasteiger partial charge in [0.1, 0.15) is 5.82 Å². The normalized spacial score (nSPS) is 16.2. The van der Waals surface area contributed by atoms with Crippen molar-refractivity contribution in [2.75, 3.05) is 51.2 Å². The molecule has 2 heterocycles. The van der Waals surface area contributed by atoms with E-state index in [0.717, 1.165) is 25.5 Å². The van der Waals surface area contributed by atoms with Crippen LogP contribution in [0.2, 0.25) is 0 Å². The third-order valence-electron chi connectivity index (χ3n) is 3.44. The van der Waals surface area contributed by atoms with Crippen LogP contribution in [0.5, 0.6) is 0 Å². The van der Waals surface area contributed by atoms with Gasteiger partial charge in [-0.05, 0) is 19.1 Å². The fourth-order valence-electron chi connectivity index (χ4n) is 2.30. The molecule has 0 aliphatic carbocycles. The molecule has 0 unspecified atom stereocenters. The minimum atomic E-state index is 0.0317. The molecule has 110 valence electrons. The van der Waals surface area contributed by atoms with Crippen molar-refractivity contribution >= 4 is 11.7 Å². The molecule has 1 fully saturated rings. The molecular formula is C14H22N4O2. The van der Waals surface area contributed by atoms with Gasteiger partial charge in [-0.25, -0.2) is 4.98 Å². The Bertz CT molecular complexity index is 427. The molecule has 0 spiro atoms. The molecule has 2 rings (SSSR count). The molecule has 1 saturated heterocycles. The van der Waals surface area contributed by atoms with Crippen molar-refractivity contribution in [3.05, 3.63) is 23.9 Å². The van der Waals surface area contributed by atoms with Crippen molar-refractivity contribution in [3.63, 3.8) is 0 Å².